The highest BCUT2D eigenvalue weighted by Gasteiger charge is 2.32. The van der Waals surface area contributed by atoms with Crippen LogP contribution < -0.4 is 10.1 Å². The number of nitrogens with zero attached hydrogens (tertiary/aromatic N) is 4. The van der Waals surface area contributed by atoms with Crippen LogP contribution in [0.25, 0.3) is 16.9 Å². The van der Waals surface area contributed by atoms with Crippen LogP contribution in [0.1, 0.15) is 30.4 Å². The number of nitrogens with one attached hydrogen (secondary N) is 2. The van der Waals surface area contributed by atoms with Crippen LogP contribution in [-0.2, 0) is 4.79 Å². The van der Waals surface area contributed by atoms with Crippen molar-refractivity contribution >= 4 is 17.4 Å². The fourth-order valence-corrected chi connectivity index (χ4v) is 3.69. The molecule has 0 fully saturated rings. The summed E-state index contributed by atoms with van der Waals surface area (Å²) in [5, 5.41) is 14.5. The average Bonchev–Trinajstić information content (AvgIpc) is 3.34. The minimum atomic E-state index is -0.120. The molecule has 1 aromatic carbocycles. The lowest BCUT2D eigenvalue weighted by Gasteiger charge is -2.23. The molecule has 0 aliphatic carbocycles. The van der Waals surface area contributed by atoms with Gasteiger partial charge < -0.3 is 10.1 Å². The number of hydrogen-bond donors (Lipinski definition) is 2. The van der Waals surface area contributed by atoms with Gasteiger partial charge in [-0.15, -0.1) is 0 Å². The Morgan fingerprint density at radius 3 is 2.93 bits per heavy atom. The van der Waals surface area contributed by atoms with Crippen molar-refractivity contribution < 1.29 is 9.53 Å². The van der Waals surface area contributed by atoms with Gasteiger partial charge in [0.2, 0.25) is 5.91 Å². The van der Waals surface area contributed by atoms with E-state index in [9.17, 15) is 4.79 Å². The summed E-state index contributed by atoms with van der Waals surface area (Å²) in [7, 11) is 0. The van der Waals surface area contributed by atoms with Gasteiger partial charge in [-0.3, -0.25) is 9.89 Å². The van der Waals surface area contributed by atoms with Crippen LogP contribution in [0, 0.1) is 0 Å². The van der Waals surface area contributed by atoms with E-state index >= 15 is 0 Å². The molecular weight excluding hydrogens is 356 g/mol. The first-order valence-electron chi connectivity index (χ1n) is 9.13. The fourth-order valence-electron chi connectivity index (χ4n) is 3.69. The van der Waals surface area contributed by atoms with Crippen molar-refractivity contribution in [2.45, 2.75) is 19.3 Å². The van der Waals surface area contributed by atoms with Gasteiger partial charge >= 0.3 is 0 Å². The number of amides is 1. The number of carbonyl (C=O) groups excluding carboxylic acids is 1. The molecular formula is C20H18N6O2. The Balaban J connectivity index is 1.60. The summed E-state index contributed by atoms with van der Waals surface area (Å²) in [6.45, 7) is 2.58. The van der Waals surface area contributed by atoms with E-state index in [-0.39, 0.29) is 11.8 Å². The highest BCUT2D eigenvalue weighted by molar-refractivity contribution is 5.96. The Morgan fingerprint density at radius 2 is 2.11 bits per heavy atom. The molecule has 1 aliphatic heterocycles. The Labute approximate surface area is 160 Å². The molecule has 1 aliphatic rings. The predicted molar refractivity (Wildman–Crippen MR) is 103 cm³/mol. The lowest BCUT2D eigenvalue weighted by atomic mass is 9.85. The van der Waals surface area contributed by atoms with Gasteiger partial charge in [-0.25, -0.2) is 9.50 Å². The van der Waals surface area contributed by atoms with E-state index in [2.05, 4.69) is 25.6 Å². The Kier molecular flexibility index (Phi) is 3.82. The first kappa shape index (κ1) is 16.5. The van der Waals surface area contributed by atoms with Crippen LogP contribution in [0.3, 0.4) is 0 Å². The first-order chi connectivity index (χ1) is 13.7. The maximum Gasteiger partial charge on any atom is 0.226 e. The number of anilines is 1. The summed E-state index contributed by atoms with van der Waals surface area (Å²) in [4.78, 5) is 16.5. The van der Waals surface area contributed by atoms with Crippen molar-refractivity contribution in [3.05, 3.63) is 60.0 Å². The van der Waals surface area contributed by atoms with Crippen LogP contribution in [0.4, 0.5) is 5.82 Å². The average molecular weight is 374 g/mol. The Morgan fingerprint density at radius 1 is 1.25 bits per heavy atom. The van der Waals surface area contributed by atoms with Crippen LogP contribution in [0.15, 0.2) is 48.9 Å². The summed E-state index contributed by atoms with van der Waals surface area (Å²) in [5.74, 6) is 1.22. The zero-order valence-corrected chi connectivity index (χ0v) is 15.2. The third kappa shape index (κ3) is 2.70. The Hall–Kier alpha value is -3.68. The molecule has 8 heteroatoms. The van der Waals surface area contributed by atoms with E-state index < -0.39 is 0 Å². The molecule has 140 valence electrons. The molecule has 1 unspecified atom stereocenters. The highest BCUT2D eigenvalue weighted by Crippen LogP contribution is 2.42. The summed E-state index contributed by atoms with van der Waals surface area (Å²) in [5.41, 5.74) is 4.61. The predicted octanol–water partition coefficient (Wildman–Crippen LogP) is 2.99. The second kappa shape index (κ2) is 6.49. The van der Waals surface area contributed by atoms with E-state index in [0.717, 1.165) is 33.8 Å². The number of H-pyrrole nitrogens is 1. The maximum absolute atomic E-state index is 12.3. The number of aromatic amines is 1. The number of ether oxygens (including phenoxy) is 1. The number of benzene rings is 1. The zero-order chi connectivity index (χ0) is 19.1. The van der Waals surface area contributed by atoms with Crippen molar-refractivity contribution in [1.82, 2.24) is 24.8 Å². The molecule has 0 spiro atoms. The largest absolute Gasteiger partial charge is 0.494 e. The number of aromatic nitrogens is 5. The van der Waals surface area contributed by atoms with E-state index in [1.807, 2.05) is 49.5 Å². The van der Waals surface area contributed by atoms with Gasteiger partial charge in [-0.2, -0.15) is 10.2 Å². The van der Waals surface area contributed by atoms with Gasteiger partial charge in [0.1, 0.15) is 12.1 Å². The second-order valence-electron chi connectivity index (χ2n) is 6.65. The molecule has 28 heavy (non-hydrogen) atoms. The molecule has 4 aromatic rings. The lowest BCUT2D eigenvalue weighted by Crippen LogP contribution is -2.23. The van der Waals surface area contributed by atoms with Crippen LogP contribution in [-0.4, -0.2) is 37.3 Å². The number of hydrogen-bond acceptors (Lipinski definition) is 5. The molecule has 1 atom stereocenters. The van der Waals surface area contributed by atoms with E-state index in [1.54, 1.807) is 4.52 Å². The molecule has 2 N–H and O–H groups in total. The van der Waals surface area contributed by atoms with Crippen molar-refractivity contribution in [3.8, 4) is 17.0 Å². The van der Waals surface area contributed by atoms with Crippen molar-refractivity contribution in [2.24, 2.45) is 0 Å². The number of carbonyl (C=O) groups is 1. The van der Waals surface area contributed by atoms with Crippen molar-refractivity contribution in [2.75, 3.05) is 11.9 Å². The number of rotatable bonds is 4. The van der Waals surface area contributed by atoms with Crippen molar-refractivity contribution in [3.63, 3.8) is 0 Å². The molecule has 0 bridgehead atoms. The SMILES string of the molecule is CCOc1ccc(-c2[nH]nc3c2C(c2ccn4ncnc4c2)CC(=O)N3)cc1. The quantitative estimate of drug-likeness (QED) is 0.572. The molecule has 0 saturated heterocycles. The summed E-state index contributed by atoms with van der Waals surface area (Å²) in [6.07, 6.45) is 3.72. The van der Waals surface area contributed by atoms with Gasteiger partial charge in [-0.05, 0) is 48.9 Å². The summed E-state index contributed by atoms with van der Waals surface area (Å²) < 4.78 is 7.23. The molecule has 8 nitrogen and oxygen atoms in total. The number of pyridine rings is 1. The van der Waals surface area contributed by atoms with Gasteiger partial charge in [-0.1, -0.05) is 0 Å². The van der Waals surface area contributed by atoms with E-state index in [0.29, 0.717) is 18.8 Å². The highest BCUT2D eigenvalue weighted by atomic mass is 16.5. The van der Waals surface area contributed by atoms with Gasteiger partial charge in [0.25, 0.3) is 0 Å². The minimum Gasteiger partial charge on any atom is -0.494 e. The van der Waals surface area contributed by atoms with Crippen molar-refractivity contribution in [1.29, 1.82) is 0 Å². The molecule has 4 heterocycles. The van der Waals surface area contributed by atoms with Gasteiger partial charge in [0, 0.05) is 29.7 Å². The fraction of sp³-hybridized carbons (Fsp3) is 0.200. The zero-order valence-electron chi connectivity index (χ0n) is 15.2. The molecule has 0 saturated carbocycles. The van der Waals surface area contributed by atoms with Crippen LogP contribution in [0.5, 0.6) is 5.75 Å². The van der Waals surface area contributed by atoms with E-state index in [1.165, 1.54) is 6.33 Å². The third-order valence-corrected chi connectivity index (χ3v) is 4.96. The third-order valence-electron chi connectivity index (χ3n) is 4.96. The van der Waals surface area contributed by atoms with Crippen LogP contribution >= 0.6 is 0 Å². The first-order valence-corrected chi connectivity index (χ1v) is 9.13. The normalized spacial score (nSPS) is 16.0. The summed E-state index contributed by atoms with van der Waals surface area (Å²) >= 11 is 0. The monoisotopic (exact) mass is 374 g/mol. The van der Waals surface area contributed by atoms with E-state index in [4.69, 9.17) is 4.74 Å². The molecule has 5 rings (SSSR count). The van der Waals surface area contributed by atoms with Gasteiger partial charge in [0.05, 0.1) is 12.3 Å². The molecule has 0 radical (unpaired) electrons. The number of fused-ring (bicyclic) bond motifs is 2. The maximum atomic E-state index is 12.3. The Bertz CT molecular complexity index is 1160. The van der Waals surface area contributed by atoms with Crippen LogP contribution in [0.2, 0.25) is 0 Å². The topological polar surface area (TPSA) is 97.2 Å². The smallest absolute Gasteiger partial charge is 0.226 e. The minimum absolute atomic E-state index is 0.0522. The second-order valence-corrected chi connectivity index (χ2v) is 6.65. The summed E-state index contributed by atoms with van der Waals surface area (Å²) in [6, 6.07) is 11.8. The van der Waals surface area contributed by atoms with Gasteiger partial charge in [0.15, 0.2) is 11.5 Å². The molecule has 3 aromatic heterocycles. The standard InChI is InChI=1S/C20H18N6O2/c1-2-28-14-5-3-12(4-6-14)19-18-15(10-17(27)23-20(18)25-24-19)13-7-8-26-16(9-13)21-11-22-26/h3-9,11,15H,2,10H2,1H3,(H2,23,24,25,27). The molecule has 1 amide bonds. The lowest BCUT2D eigenvalue weighted by molar-refractivity contribution is -0.116.